The third-order valence-electron chi connectivity index (χ3n) is 4.68. The molecule has 0 saturated carbocycles. The van der Waals surface area contributed by atoms with Gasteiger partial charge < -0.3 is 24.6 Å². The summed E-state index contributed by atoms with van der Waals surface area (Å²) in [7, 11) is 0. The number of quaternary nitrogens is 1. The van der Waals surface area contributed by atoms with Gasteiger partial charge in [-0.1, -0.05) is 26.0 Å². The molecule has 1 saturated heterocycles. The number of rotatable bonds is 5. The lowest BCUT2D eigenvalue weighted by Gasteiger charge is -2.35. The van der Waals surface area contributed by atoms with E-state index < -0.39 is 6.10 Å². The predicted molar refractivity (Wildman–Crippen MR) is 96.3 cm³/mol. The summed E-state index contributed by atoms with van der Waals surface area (Å²) in [5, 5.41) is 2.95. The van der Waals surface area contributed by atoms with Gasteiger partial charge in [0.2, 0.25) is 6.10 Å². The summed E-state index contributed by atoms with van der Waals surface area (Å²) in [5.74, 6) is 1.78. The third-order valence-corrected chi connectivity index (χ3v) is 4.68. The molecule has 2 aliphatic heterocycles. The van der Waals surface area contributed by atoms with Gasteiger partial charge in [0.25, 0.3) is 11.8 Å². The van der Waals surface area contributed by atoms with Crippen LogP contribution in [0.25, 0.3) is 0 Å². The van der Waals surface area contributed by atoms with Crippen LogP contribution < -0.4 is 19.7 Å². The van der Waals surface area contributed by atoms with E-state index in [1.807, 2.05) is 29.2 Å². The van der Waals surface area contributed by atoms with Crippen LogP contribution in [0, 0.1) is 5.92 Å². The molecule has 26 heavy (non-hydrogen) atoms. The van der Waals surface area contributed by atoms with E-state index in [4.69, 9.17) is 9.47 Å². The number of carbonyl (C=O) groups excluding carboxylic acids is 2. The van der Waals surface area contributed by atoms with Crippen LogP contribution in [0.5, 0.6) is 11.5 Å². The largest absolute Gasteiger partial charge is 0.485 e. The van der Waals surface area contributed by atoms with E-state index in [2.05, 4.69) is 19.2 Å². The molecule has 2 N–H and O–H groups in total. The van der Waals surface area contributed by atoms with Crippen LogP contribution >= 0.6 is 0 Å². The topological polar surface area (TPSA) is 72.3 Å². The Kier molecular flexibility index (Phi) is 5.98. The molecule has 7 nitrogen and oxygen atoms in total. The molecule has 0 aromatic heterocycles. The van der Waals surface area contributed by atoms with Crippen LogP contribution in [-0.4, -0.2) is 68.7 Å². The molecule has 2 heterocycles. The molecule has 1 aromatic rings. The highest BCUT2D eigenvalue weighted by Crippen LogP contribution is 2.31. The molecular formula is C19H28N3O4+. The van der Waals surface area contributed by atoms with Crippen molar-refractivity contribution in [2.75, 3.05) is 45.9 Å². The number of hydrogen-bond acceptors (Lipinski definition) is 4. The number of nitrogens with zero attached hydrogens (tertiary/aromatic N) is 1. The van der Waals surface area contributed by atoms with Gasteiger partial charge in [0.05, 0.1) is 26.2 Å². The highest BCUT2D eigenvalue weighted by atomic mass is 16.6. The van der Waals surface area contributed by atoms with Gasteiger partial charge in [-0.15, -0.1) is 0 Å². The minimum atomic E-state index is -0.596. The van der Waals surface area contributed by atoms with Crippen molar-refractivity contribution in [3.05, 3.63) is 24.3 Å². The number of nitrogens with one attached hydrogen (secondary N) is 2. The maximum Gasteiger partial charge on any atom is 0.275 e. The summed E-state index contributed by atoms with van der Waals surface area (Å²) in [6.07, 6.45) is -0.596. The number of benzene rings is 1. The first-order chi connectivity index (χ1) is 12.5. The first-order valence-corrected chi connectivity index (χ1v) is 9.30. The molecule has 2 amide bonds. The van der Waals surface area contributed by atoms with Crippen LogP contribution in [0.4, 0.5) is 0 Å². The maximum atomic E-state index is 12.7. The molecule has 2 aliphatic rings. The molecule has 1 atom stereocenters. The van der Waals surface area contributed by atoms with Crippen LogP contribution in [0.1, 0.15) is 13.8 Å². The van der Waals surface area contributed by atoms with Gasteiger partial charge in [-0.05, 0) is 18.1 Å². The third kappa shape index (κ3) is 4.66. The highest BCUT2D eigenvalue weighted by Gasteiger charge is 2.33. The Balaban J connectivity index is 1.45. The summed E-state index contributed by atoms with van der Waals surface area (Å²) in [4.78, 5) is 27.7. The smallest absolute Gasteiger partial charge is 0.275 e. The van der Waals surface area contributed by atoms with Crippen molar-refractivity contribution in [3.8, 4) is 11.5 Å². The molecule has 0 spiro atoms. The van der Waals surface area contributed by atoms with Crippen molar-refractivity contribution in [1.82, 2.24) is 10.2 Å². The van der Waals surface area contributed by atoms with Crippen molar-refractivity contribution < 1.29 is 24.0 Å². The second kappa shape index (κ2) is 8.40. The molecule has 0 bridgehead atoms. The van der Waals surface area contributed by atoms with Crippen LogP contribution in [-0.2, 0) is 9.59 Å². The Morgan fingerprint density at radius 2 is 1.92 bits per heavy atom. The Bertz CT molecular complexity index is 641. The number of hydrogen-bond donors (Lipinski definition) is 2. The lowest BCUT2D eigenvalue weighted by molar-refractivity contribution is -0.896. The van der Waals surface area contributed by atoms with E-state index in [1.165, 1.54) is 4.90 Å². The van der Waals surface area contributed by atoms with Crippen molar-refractivity contribution >= 4 is 11.8 Å². The number of piperazine rings is 1. The van der Waals surface area contributed by atoms with Crippen molar-refractivity contribution in [2.24, 2.45) is 5.92 Å². The van der Waals surface area contributed by atoms with E-state index in [1.54, 1.807) is 0 Å². The van der Waals surface area contributed by atoms with Crippen LogP contribution in [0.15, 0.2) is 24.3 Å². The predicted octanol–water partition coefficient (Wildman–Crippen LogP) is -0.674. The summed E-state index contributed by atoms with van der Waals surface area (Å²) in [5.41, 5.74) is 0. The lowest BCUT2D eigenvalue weighted by atomic mass is 10.2. The van der Waals surface area contributed by atoms with Gasteiger partial charge in [0.1, 0.15) is 6.61 Å². The zero-order chi connectivity index (χ0) is 18.5. The first kappa shape index (κ1) is 18.5. The van der Waals surface area contributed by atoms with Gasteiger partial charge in [0, 0.05) is 6.54 Å². The zero-order valence-electron chi connectivity index (χ0n) is 15.5. The summed E-state index contributed by atoms with van der Waals surface area (Å²) < 4.78 is 11.4. The second-order valence-electron chi connectivity index (χ2n) is 7.31. The SMILES string of the molecule is CC(C)CNC(=O)C[NH+]1CCN(C(=O)[C@@H]2COc3ccccc3O2)CC1. The second-order valence-corrected chi connectivity index (χ2v) is 7.31. The molecule has 3 rings (SSSR count). The Labute approximate surface area is 154 Å². The molecule has 0 aliphatic carbocycles. The zero-order valence-corrected chi connectivity index (χ0v) is 15.5. The lowest BCUT2D eigenvalue weighted by Crippen LogP contribution is -3.16. The maximum absolute atomic E-state index is 12.7. The molecule has 1 fully saturated rings. The Morgan fingerprint density at radius 1 is 1.23 bits per heavy atom. The Hall–Kier alpha value is -2.28. The fraction of sp³-hybridized carbons (Fsp3) is 0.579. The minimum Gasteiger partial charge on any atom is -0.485 e. The van der Waals surface area contributed by atoms with E-state index in [-0.39, 0.29) is 18.4 Å². The van der Waals surface area contributed by atoms with Gasteiger partial charge in [-0.2, -0.15) is 0 Å². The Morgan fingerprint density at radius 3 is 2.62 bits per heavy atom. The standard InChI is InChI=1S/C19H27N3O4/c1-14(2)11-20-18(23)12-21-7-9-22(10-8-21)19(24)17-13-25-15-5-3-4-6-16(15)26-17/h3-6,14,17H,7-13H2,1-2H3,(H,20,23)/p+1/t17-/m0/s1. The average molecular weight is 362 g/mol. The fourth-order valence-electron chi connectivity index (χ4n) is 3.17. The number of fused-ring (bicyclic) bond motifs is 1. The van der Waals surface area contributed by atoms with Gasteiger partial charge in [0.15, 0.2) is 18.0 Å². The van der Waals surface area contributed by atoms with Gasteiger partial charge in [-0.25, -0.2) is 0 Å². The van der Waals surface area contributed by atoms with Crippen LogP contribution in [0.3, 0.4) is 0 Å². The highest BCUT2D eigenvalue weighted by molar-refractivity contribution is 5.82. The molecule has 0 unspecified atom stereocenters. The van der Waals surface area contributed by atoms with Crippen molar-refractivity contribution in [1.29, 1.82) is 0 Å². The molecule has 0 radical (unpaired) electrons. The van der Waals surface area contributed by atoms with Crippen LogP contribution in [0.2, 0.25) is 0 Å². The van der Waals surface area contributed by atoms with E-state index in [0.717, 1.165) is 13.1 Å². The fourth-order valence-corrected chi connectivity index (χ4v) is 3.17. The average Bonchev–Trinajstić information content (AvgIpc) is 2.66. The van der Waals surface area contributed by atoms with Gasteiger partial charge >= 0.3 is 0 Å². The normalized spacial score (nSPS) is 20.1. The number of para-hydroxylation sites is 2. The molecule has 1 aromatic carbocycles. The number of amides is 2. The first-order valence-electron chi connectivity index (χ1n) is 9.30. The summed E-state index contributed by atoms with van der Waals surface area (Å²) in [6, 6.07) is 7.39. The summed E-state index contributed by atoms with van der Waals surface area (Å²) >= 11 is 0. The summed E-state index contributed by atoms with van der Waals surface area (Å²) in [6.45, 7) is 8.36. The van der Waals surface area contributed by atoms with E-state index in [9.17, 15) is 9.59 Å². The number of carbonyl (C=O) groups is 2. The van der Waals surface area contributed by atoms with E-state index >= 15 is 0 Å². The minimum absolute atomic E-state index is 0.0391. The van der Waals surface area contributed by atoms with Gasteiger partial charge in [-0.3, -0.25) is 9.59 Å². The molecular weight excluding hydrogens is 334 g/mol. The monoisotopic (exact) mass is 362 g/mol. The van der Waals surface area contributed by atoms with Crippen molar-refractivity contribution in [3.63, 3.8) is 0 Å². The van der Waals surface area contributed by atoms with E-state index in [0.29, 0.717) is 43.6 Å². The number of ether oxygens (including phenoxy) is 2. The molecule has 142 valence electrons. The van der Waals surface area contributed by atoms with Crippen molar-refractivity contribution in [2.45, 2.75) is 20.0 Å². The quantitative estimate of drug-likeness (QED) is 0.729. The molecule has 7 heteroatoms.